The molecule has 0 saturated heterocycles. The molecule has 0 aromatic heterocycles. The van der Waals surface area contributed by atoms with Crippen LogP contribution in [0.4, 0.5) is 17.1 Å². The van der Waals surface area contributed by atoms with Gasteiger partial charge in [-0.1, -0.05) is 35.9 Å². The van der Waals surface area contributed by atoms with E-state index in [1.54, 1.807) is 0 Å². The first-order valence-electron chi connectivity index (χ1n) is 7.77. The van der Waals surface area contributed by atoms with E-state index in [9.17, 15) is 0 Å². The number of anilines is 1. The summed E-state index contributed by atoms with van der Waals surface area (Å²) in [6, 6.07) is 17.9. The summed E-state index contributed by atoms with van der Waals surface area (Å²) in [5.41, 5.74) is 4.28. The third kappa shape index (κ3) is 2.80. The number of fused-ring (bicyclic) bond motifs is 3. The lowest BCUT2D eigenvalue weighted by Crippen LogP contribution is -2.11. The highest BCUT2D eigenvalue weighted by Crippen LogP contribution is 2.38. The van der Waals surface area contributed by atoms with E-state index in [1.165, 1.54) is 16.6 Å². The molecule has 0 saturated carbocycles. The Kier molecular flexibility index (Phi) is 3.72. The van der Waals surface area contributed by atoms with Gasteiger partial charge in [-0.3, -0.25) is 0 Å². The third-order valence-electron chi connectivity index (χ3n) is 4.13. The largest absolute Gasteiger partial charge is 0.384 e. The van der Waals surface area contributed by atoms with Gasteiger partial charge in [0.2, 0.25) is 0 Å². The van der Waals surface area contributed by atoms with Gasteiger partial charge in [0.05, 0.1) is 11.4 Å². The molecule has 0 radical (unpaired) electrons. The third-order valence-corrected chi connectivity index (χ3v) is 4.38. The highest BCUT2D eigenvalue weighted by Gasteiger charge is 2.14. The SMILES string of the molecule is Clc1ccc(N=Nc2cc3c(c4ccccc24)NCCC3)cc1. The van der Waals surface area contributed by atoms with E-state index in [4.69, 9.17) is 11.6 Å². The van der Waals surface area contributed by atoms with Crippen LogP contribution in [-0.2, 0) is 6.42 Å². The molecule has 3 aromatic rings. The Hall–Kier alpha value is -2.39. The van der Waals surface area contributed by atoms with Crippen LogP contribution in [0, 0.1) is 0 Å². The predicted octanol–water partition coefficient (Wildman–Crippen LogP) is 6.27. The second kappa shape index (κ2) is 6.01. The molecule has 0 spiro atoms. The van der Waals surface area contributed by atoms with E-state index in [-0.39, 0.29) is 0 Å². The Morgan fingerprint density at radius 1 is 0.913 bits per heavy atom. The number of benzene rings is 3. The van der Waals surface area contributed by atoms with Crippen molar-refractivity contribution in [1.82, 2.24) is 0 Å². The summed E-state index contributed by atoms with van der Waals surface area (Å²) in [5.74, 6) is 0. The summed E-state index contributed by atoms with van der Waals surface area (Å²) in [6.45, 7) is 1.03. The Bertz CT molecular complexity index is 885. The molecular formula is C19H16ClN3. The molecule has 3 aromatic carbocycles. The van der Waals surface area contributed by atoms with Crippen LogP contribution >= 0.6 is 11.6 Å². The van der Waals surface area contributed by atoms with Crippen LogP contribution in [0.1, 0.15) is 12.0 Å². The fourth-order valence-electron chi connectivity index (χ4n) is 3.01. The second-order valence-electron chi connectivity index (χ2n) is 5.68. The standard InChI is InChI=1S/C19H16ClN3/c20-14-7-9-15(10-8-14)22-23-18-12-13-4-3-11-21-19(13)17-6-2-1-5-16(17)18/h1-2,5-10,12,21H,3-4,11H2. The summed E-state index contributed by atoms with van der Waals surface area (Å²) >= 11 is 5.91. The first-order valence-corrected chi connectivity index (χ1v) is 8.15. The van der Waals surface area contributed by atoms with Crippen molar-refractivity contribution in [2.24, 2.45) is 10.2 Å². The molecule has 23 heavy (non-hydrogen) atoms. The molecule has 0 amide bonds. The number of halogens is 1. The van der Waals surface area contributed by atoms with E-state index in [2.05, 4.69) is 39.8 Å². The van der Waals surface area contributed by atoms with Gasteiger partial charge in [0, 0.05) is 28.0 Å². The number of rotatable bonds is 2. The van der Waals surface area contributed by atoms with Gasteiger partial charge in [0.15, 0.2) is 0 Å². The van der Waals surface area contributed by atoms with Gasteiger partial charge in [-0.2, -0.15) is 5.11 Å². The number of nitrogens with one attached hydrogen (secondary N) is 1. The molecule has 0 unspecified atom stereocenters. The summed E-state index contributed by atoms with van der Waals surface area (Å²) in [4.78, 5) is 0. The Labute approximate surface area is 140 Å². The van der Waals surface area contributed by atoms with Crippen molar-refractivity contribution < 1.29 is 0 Å². The molecule has 0 fully saturated rings. The molecule has 0 bridgehead atoms. The number of azo groups is 1. The minimum atomic E-state index is 0.703. The highest BCUT2D eigenvalue weighted by atomic mass is 35.5. The van der Waals surface area contributed by atoms with E-state index in [1.807, 2.05) is 30.3 Å². The van der Waals surface area contributed by atoms with Gasteiger partial charge in [0.25, 0.3) is 0 Å². The van der Waals surface area contributed by atoms with E-state index < -0.39 is 0 Å². The molecule has 1 heterocycles. The minimum absolute atomic E-state index is 0.703. The quantitative estimate of drug-likeness (QED) is 0.555. The van der Waals surface area contributed by atoms with E-state index in [0.29, 0.717) is 5.02 Å². The zero-order valence-corrected chi connectivity index (χ0v) is 13.3. The van der Waals surface area contributed by atoms with Gasteiger partial charge in [0.1, 0.15) is 0 Å². The highest BCUT2D eigenvalue weighted by molar-refractivity contribution is 6.30. The maximum Gasteiger partial charge on any atom is 0.0939 e. The van der Waals surface area contributed by atoms with Gasteiger partial charge < -0.3 is 5.32 Å². The molecule has 1 aliphatic heterocycles. The summed E-state index contributed by atoms with van der Waals surface area (Å²) in [7, 11) is 0. The Balaban J connectivity index is 1.81. The van der Waals surface area contributed by atoms with Gasteiger partial charge in [-0.15, -0.1) is 5.11 Å². The minimum Gasteiger partial charge on any atom is -0.384 e. The molecule has 4 rings (SSSR count). The van der Waals surface area contributed by atoms with Crippen LogP contribution in [0.2, 0.25) is 5.02 Å². The molecule has 0 aliphatic carbocycles. The monoisotopic (exact) mass is 321 g/mol. The topological polar surface area (TPSA) is 36.8 Å². The normalized spacial score (nSPS) is 14.0. The smallest absolute Gasteiger partial charge is 0.0939 e. The van der Waals surface area contributed by atoms with Crippen LogP contribution in [0.25, 0.3) is 10.8 Å². The van der Waals surface area contributed by atoms with Gasteiger partial charge >= 0.3 is 0 Å². The summed E-state index contributed by atoms with van der Waals surface area (Å²) in [5, 5.41) is 15.4. The Morgan fingerprint density at radius 3 is 2.52 bits per heavy atom. The number of aryl methyl sites for hydroxylation is 1. The van der Waals surface area contributed by atoms with E-state index in [0.717, 1.165) is 36.1 Å². The van der Waals surface area contributed by atoms with Crippen molar-refractivity contribution in [3.63, 3.8) is 0 Å². The summed E-state index contributed by atoms with van der Waals surface area (Å²) in [6.07, 6.45) is 2.23. The molecule has 114 valence electrons. The zero-order chi connectivity index (χ0) is 15.6. The Morgan fingerprint density at radius 2 is 1.70 bits per heavy atom. The number of hydrogen-bond donors (Lipinski definition) is 1. The van der Waals surface area contributed by atoms with Crippen molar-refractivity contribution >= 4 is 39.4 Å². The van der Waals surface area contributed by atoms with E-state index >= 15 is 0 Å². The lowest BCUT2D eigenvalue weighted by molar-refractivity contribution is 0.833. The molecule has 1 N–H and O–H groups in total. The maximum atomic E-state index is 5.91. The molecule has 3 nitrogen and oxygen atoms in total. The van der Waals surface area contributed by atoms with Gasteiger partial charge in [-0.25, -0.2) is 0 Å². The van der Waals surface area contributed by atoms with Crippen molar-refractivity contribution in [3.05, 3.63) is 65.2 Å². The second-order valence-corrected chi connectivity index (χ2v) is 6.12. The lowest BCUT2D eigenvalue weighted by Gasteiger charge is -2.20. The molecule has 1 aliphatic rings. The van der Waals surface area contributed by atoms with Crippen LogP contribution in [0.15, 0.2) is 64.8 Å². The van der Waals surface area contributed by atoms with Crippen molar-refractivity contribution in [3.8, 4) is 0 Å². The van der Waals surface area contributed by atoms with Crippen LogP contribution in [0.5, 0.6) is 0 Å². The molecule has 4 heteroatoms. The number of nitrogens with zero attached hydrogens (tertiary/aromatic N) is 2. The maximum absolute atomic E-state index is 5.91. The van der Waals surface area contributed by atoms with Gasteiger partial charge in [-0.05, 0) is 48.7 Å². The van der Waals surface area contributed by atoms with Crippen molar-refractivity contribution in [2.45, 2.75) is 12.8 Å². The molecular weight excluding hydrogens is 306 g/mol. The van der Waals surface area contributed by atoms with Crippen molar-refractivity contribution in [2.75, 3.05) is 11.9 Å². The summed E-state index contributed by atoms with van der Waals surface area (Å²) < 4.78 is 0. The zero-order valence-electron chi connectivity index (χ0n) is 12.6. The fraction of sp³-hybridized carbons (Fsp3) is 0.158. The van der Waals surface area contributed by atoms with Crippen LogP contribution in [0.3, 0.4) is 0 Å². The average molecular weight is 322 g/mol. The fourth-order valence-corrected chi connectivity index (χ4v) is 3.14. The van der Waals surface area contributed by atoms with Crippen LogP contribution in [-0.4, -0.2) is 6.54 Å². The lowest BCUT2D eigenvalue weighted by atomic mass is 9.96. The first kappa shape index (κ1) is 14.2. The predicted molar refractivity (Wildman–Crippen MR) is 96.4 cm³/mol. The number of hydrogen-bond acceptors (Lipinski definition) is 3. The average Bonchev–Trinajstić information content (AvgIpc) is 2.61. The molecule has 0 atom stereocenters. The first-order chi connectivity index (χ1) is 11.3. The van der Waals surface area contributed by atoms with Crippen LogP contribution < -0.4 is 5.32 Å². The van der Waals surface area contributed by atoms with Crippen molar-refractivity contribution in [1.29, 1.82) is 0 Å².